The van der Waals surface area contributed by atoms with Crippen molar-refractivity contribution in [3.63, 3.8) is 0 Å². The van der Waals surface area contributed by atoms with Gasteiger partial charge in [0, 0.05) is 12.1 Å². The van der Waals surface area contributed by atoms with E-state index in [1.807, 2.05) is 31.2 Å². The molecule has 0 fully saturated rings. The lowest BCUT2D eigenvalue weighted by atomic mass is 10.0. The van der Waals surface area contributed by atoms with Crippen molar-refractivity contribution in [2.45, 2.75) is 26.8 Å². The van der Waals surface area contributed by atoms with Gasteiger partial charge in [-0.05, 0) is 25.5 Å². The summed E-state index contributed by atoms with van der Waals surface area (Å²) in [5, 5.41) is 9.73. The van der Waals surface area contributed by atoms with Gasteiger partial charge in [0.05, 0.1) is 12.5 Å². The first-order valence-electron chi connectivity index (χ1n) is 7.10. The highest BCUT2D eigenvalue weighted by molar-refractivity contribution is 5.98. The van der Waals surface area contributed by atoms with Crippen LogP contribution >= 0.6 is 0 Å². The lowest BCUT2D eigenvalue weighted by Gasteiger charge is -2.21. The summed E-state index contributed by atoms with van der Waals surface area (Å²) in [4.78, 5) is 28.3. The Kier molecular flexibility index (Phi) is 3.62. The number of para-hydroxylation sites is 1. The molecule has 7 heteroatoms. The maximum atomic E-state index is 12.2. The van der Waals surface area contributed by atoms with Gasteiger partial charge in [-0.2, -0.15) is 10.1 Å². The van der Waals surface area contributed by atoms with E-state index < -0.39 is 5.92 Å². The zero-order valence-electron chi connectivity index (χ0n) is 12.5. The van der Waals surface area contributed by atoms with E-state index in [2.05, 4.69) is 20.7 Å². The Bertz CT molecular complexity index is 737. The van der Waals surface area contributed by atoms with Gasteiger partial charge in [0.1, 0.15) is 5.82 Å². The first kappa shape index (κ1) is 14.2. The Hall–Kier alpha value is -2.70. The number of hydrogen-bond donors (Lipinski definition) is 2. The molecule has 3 rings (SSSR count). The maximum absolute atomic E-state index is 12.2. The van der Waals surface area contributed by atoms with E-state index in [4.69, 9.17) is 0 Å². The molecule has 22 heavy (non-hydrogen) atoms. The monoisotopic (exact) mass is 299 g/mol. The van der Waals surface area contributed by atoms with Crippen molar-refractivity contribution >= 4 is 23.5 Å². The lowest BCUT2D eigenvalue weighted by molar-refractivity contribution is -0.126. The van der Waals surface area contributed by atoms with E-state index in [-0.39, 0.29) is 18.2 Å². The van der Waals surface area contributed by atoms with Crippen molar-refractivity contribution < 1.29 is 9.59 Å². The van der Waals surface area contributed by atoms with Crippen molar-refractivity contribution in [1.29, 1.82) is 0 Å². The number of benzene rings is 1. The number of rotatable bonds is 3. The third kappa shape index (κ3) is 2.83. The number of carbonyl (C=O) groups is 2. The highest BCUT2D eigenvalue weighted by atomic mass is 16.2. The molecule has 1 aromatic carbocycles. The third-order valence-corrected chi connectivity index (χ3v) is 3.63. The summed E-state index contributed by atoms with van der Waals surface area (Å²) in [6, 6.07) is 7.54. The van der Waals surface area contributed by atoms with E-state index in [1.165, 1.54) is 0 Å². The molecule has 1 atom stereocenters. The second kappa shape index (κ2) is 5.59. The first-order chi connectivity index (χ1) is 10.5. The van der Waals surface area contributed by atoms with Crippen molar-refractivity contribution in [2.75, 3.05) is 10.6 Å². The smallest absolute Gasteiger partial charge is 0.232 e. The molecule has 2 N–H and O–H groups in total. The van der Waals surface area contributed by atoms with Crippen molar-refractivity contribution in [3.8, 4) is 0 Å². The van der Waals surface area contributed by atoms with Crippen LogP contribution in [0.4, 0.5) is 11.6 Å². The predicted octanol–water partition coefficient (Wildman–Crippen LogP) is 1.49. The number of fused-ring (bicyclic) bond motifs is 1. The van der Waals surface area contributed by atoms with Crippen LogP contribution in [0.2, 0.25) is 0 Å². The molecule has 1 aliphatic heterocycles. The Morgan fingerprint density at radius 3 is 2.95 bits per heavy atom. The van der Waals surface area contributed by atoms with Crippen LogP contribution < -0.4 is 10.6 Å². The Labute approximate surface area is 127 Å². The highest BCUT2D eigenvalue weighted by Crippen LogP contribution is 2.20. The summed E-state index contributed by atoms with van der Waals surface area (Å²) in [7, 11) is 0. The van der Waals surface area contributed by atoms with Gasteiger partial charge in [0.2, 0.25) is 17.8 Å². The van der Waals surface area contributed by atoms with E-state index in [0.717, 1.165) is 11.3 Å². The van der Waals surface area contributed by atoms with E-state index in [0.29, 0.717) is 18.3 Å². The van der Waals surface area contributed by atoms with Crippen LogP contribution in [-0.4, -0.2) is 26.6 Å². The van der Waals surface area contributed by atoms with Gasteiger partial charge >= 0.3 is 0 Å². The largest absolute Gasteiger partial charge is 0.326 e. The van der Waals surface area contributed by atoms with E-state index in [1.54, 1.807) is 11.6 Å². The average molecular weight is 299 g/mol. The van der Waals surface area contributed by atoms with Crippen molar-refractivity contribution in [3.05, 3.63) is 35.7 Å². The standard InChI is InChI=1S/C15H17N5O2/c1-9-5-3-4-6-12(9)17-13(21)7-11-8-20-15(18-14(11)22)16-10(2)19-20/h3-6,11H,7-8H2,1-2H3,(H,17,21)(H,16,18,19,22)/t11-/m0/s1. The Balaban J connectivity index is 1.67. The van der Waals surface area contributed by atoms with E-state index >= 15 is 0 Å². The maximum Gasteiger partial charge on any atom is 0.232 e. The Morgan fingerprint density at radius 2 is 2.18 bits per heavy atom. The fraction of sp³-hybridized carbons (Fsp3) is 0.333. The van der Waals surface area contributed by atoms with Gasteiger partial charge in [0.25, 0.3) is 0 Å². The van der Waals surface area contributed by atoms with Crippen molar-refractivity contribution in [2.24, 2.45) is 5.92 Å². The summed E-state index contributed by atoms with van der Waals surface area (Å²) < 4.78 is 1.63. The van der Waals surface area contributed by atoms with Crippen LogP contribution in [0.15, 0.2) is 24.3 Å². The summed E-state index contributed by atoms with van der Waals surface area (Å²) in [6.45, 7) is 4.05. The molecule has 0 saturated heterocycles. The topological polar surface area (TPSA) is 88.9 Å². The number of nitrogens with zero attached hydrogens (tertiary/aromatic N) is 3. The zero-order chi connectivity index (χ0) is 15.7. The molecule has 2 aromatic rings. The quantitative estimate of drug-likeness (QED) is 0.898. The number of aromatic nitrogens is 3. The molecule has 1 aliphatic rings. The van der Waals surface area contributed by atoms with Gasteiger partial charge in [-0.15, -0.1) is 0 Å². The second-order valence-corrected chi connectivity index (χ2v) is 5.42. The average Bonchev–Trinajstić information content (AvgIpc) is 2.81. The zero-order valence-corrected chi connectivity index (χ0v) is 12.5. The minimum Gasteiger partial charge on any atom is -0.326 e. The van der Waals surface area contributed by atoms with Crippen molar-refractivity contribution in [1.82, 2.24) is 14.8 Å². The molecule has 2 amide bonds. The van der Waals surface area contributed by atoms with Gasteiger partial charge in [0.15, 0.2) is 0 Å². The molecule has 1 aromatic heterocycles. The minimum atomic E-state index is -0.447. The highest BCUT2D eigenvalue weighted by Gasteiger charge is 2.30. The number of anilines is 2. The summed E-state index contributed by atoms with van der Waals surface area (Å²) in [5.41, 5.74) is 1.75. The van der Waals surface area contributed by atoms with Crippen LogP contribution in [0.5, 0.6) is 0 Å². The fourth-order valence-electron chi connectivity index (χ4n) is 2.47. The van der Waals surface area contributed by atoms with Crippen LogP contribution in [0.25, 0.3) is 0 Å². The molecule has 7 nitrogen and oxygen atoms in total. The summed E-state index contributed by atoms with van der Waals surface area (Å²) in [5.74, 6) is 0.213. The molecule has 114 valence electrons. The van der Waals surface area contributed by atoms with Gasteiger partial charge in [-0.25, -0.2) is 4.68 Å². The normalized spacial score (nSPS) is 16.8. The van der Waals surface area contributed by atoms with Gasteiger partial charge in [-0.1, -0.05) is 18.2 Å². The summed E-state index contributed by atoms with van der Waals surface area (Å²) in [6.07, 6.45) is 0.110. The second-order valence-electron chi connectivity index (χ2n) is 5.42. The number of carbonyl (C=O) groups excluding carboxylic acids is 2. The molecule has 0 saturated carbocycles. The Morgan fingerprint density at radius 1 is 1.41 bits per heavy atom. The van der Waals surface area contributed by atoms with Gasteiger partial charge in [-0.3, -0.25) is 14.9 Å². The molecule has 0 spiro atoms. The molecular weight excluding hydrogens is 282 g/mol. The van der Waals surface area contributed by atoms with E-state index in [9.17, 15) is 9.59 Å². The molecule has 0 unspecified atom stereocenters. The number of aryl methyl sites for hydroxylation is 2. The number of nitrogens with one attached hydrogen (secondary N) is 2. The predicted molar refractivity (Wildman–Crippen MR) is 81.3 cm³/mol. The number of amides is 2. The van der Waals surface area contributed by atoms with Crippen LogP contribution in [-0.2, 0) is 16.1 Å². The fourth-order valence-corrected chi connectivity index (χ4v) is 2.47. The first-order valence-corrected chi connectivity index (χ1v) is 7.10. The lowest BCUT2D eigenvalue weighted by Crippen LogP contribution is -2.36. The molecular formula is C15H17N5O2. The van der Waals surface area contributed by atoms with Gasteiger partial charge < -0.3 is 5.32 Å². The molecule has 0 aliphatic carbocycles. The number of hydrogen-bond acceptors (Lipinski definition) is 4. The van der Waals surface area contributed by atoms with Crippen LogP contribution in [0.1, 0.15) is 17.8 Å². The molecule has 2 heterocycles. The van der Waals surface area contributed by atoms with Crippen LogP contribution in [0, 0.1) is 19.8 Å². The van der Waals surface area contributed by atoms with Crippen LogP contribution in [0.3, 0.4) is 0 Å². The minimum absolute atomic E-state index is 0.110. The molecule has 0 bridgehead atoms. The molecule has 0 radical (unpaired) electrons. The third-order valence-electron chi connectivity index (χ3n) is 3.63. The SMILES string of the molecule is Cc1nc2n(n1)C[C@H](CC(=O)Nc1ccccc1C)C(=O)N2. The summed E-state index contributed by atoms with van der Waals surface area (Å²) >= 11 is 0.